The van der Waals surface area contributed by atoms with E-state index < -0.39 is 0 Å². The smallest absolute Gasteiger partial charge is 0.0795 e. The predicted molar refractivity (Wildman–Crippen MR) is 85.1 cm³/mol. The van der Waals surface area contributed by atoms with Crippen molar-refractivity contribution in [1.82, 2.24) is 5.32 Å². The summed E-state index contributed by atoms with van der Waals surface area (Å²) in [6.07, 6.45) is 1.47. The van der Waals surface area contributed by atoms with E-state index in [2.05, 4.69) is 64.2 Å². The highest BCUT2D eigenvalue weighted by molar-refractivity contribution is 5.30. The molecule has 2 nitrogen and oxygen atoms in total. The van der Waals surface area contributed by atoms with Gasteiger partial charge in [-0.2, -0.15) is 0 Å². The third-order valence-corrected chi connectivity index (χ3v) is 4.33. The van der Waals surface area contributed by atoms with Gasteiger partial charge in [0.15, 0.2) is 0 Å². The normalized spacial score (nSPS) is 24.9. The molecule has 112 valence electrons. The average molecular weight is 275 g/mol. The van der Waals surface area contributed by atoms with Crippen LogP contribution in [0.2, 0.25) is 0 Å². The Balaban J connectivity index is 2.21. The first-order valence-electron chi connectivity index (χ1n) is 7.89. The van der Waals surface area contributed by atoms with Crippen molar-refractivity contribution in [3.8, 4) is 0 Å². The van der Waals surface area contributed by atoms with E-state index in [0.717, 1.165) is 13.2 Å². The second kappa shape index (κ2) is 6.28. The average Bonchev–Trinajstić information content (AvgIpc) is 2.81. The highest BCUT2D eigenvalue weighted by Crippen LogP contribution is 2.32. The first-order valence-corrected chi connectivity index (χ1v) is 7.89. The van der Waals surface area contributed by atoms with Gasteiger partial charge in [0.25, 0.3) is 0 Å². The van der Waals surface area contributed by atoms with Crippen LogP contribution in [0.1, 0.15) is 58.2 Å². The van der Waals surface area contributed by atoms with Crippen LogP contribution in [0.25, 0.3) is 0 Å². The third kappa shape index (κ3) is 3.42. The molecule has 1 aromatic carbocycles. The number of ether oxygens (including phenoxy) is 1. The van der Waals surface area contributed by atoms with E-state index in [-0.39, 0.29) is 5.41 Å². The lowest BCUT2D eigenvalue weighted by Gasteiger charge is -2.28. The van der Waals surface area contributed by atoms with E-state index in [0.29, 0.717) is 18.1 Å². The van der Waals surface area contributed by atoms with Crippen LogP contribution in [-0.2, 0) is 10.2 Å². The monoisotopic (exact) mass is 275 g/mol. The zero-order chi connectivity index (χ0) is 14.8. The molecule has 0 amide bonds. The minimum atomic E-state index is 0.212. The lowest BCUT2D eigenvalue weighted by Crippen LogP contribution is -2.34. The lowest BCUT2D eigenvalue weighted by atomic mass is 9.85. The van der Waals surface area contributed by atoms with Gasteiger partial charge in [0.1, 0.15) is 0 Å². The van der Waals surface area contributed by atoms with Crippen LogP contribution in [0.15, 0.2) is 24.3 Å². The molecule has 0 saturated carbocycles. The number of rotatable bonds is 4. The van der Waals surface area contributed by atoms with Gasteiger partial charge in [-0.25, -0.2) is 0 Å². The zero-order valence-corrected chi connectivity index (χ0v) is 13.6. The summed E-state index contributed by atoms with van der Waals surface area (Å²) >= 11 is 0. The fraction of sp³-hybridized carbons (Fsp3) is 0.667. The summed E-state index contributed by atoms with van der Waals surface area (Å²) in [7, 11) is 0. The van der Waals surface area contributed by atoms with Gasteiger partial charge < -0.3 is 10.1 Å². The second-order valence-electron chi connectivity index (χ2n) is 7.01. The summed E-state index contributed by atoms with van der Waals surface area (Å²) in [6, 6.07) is 9.37. The van der Waals surface area contributed by atoms with E-state index in [1.807, 2.05) is 0 Å². The first-order chi connectivity index (χ1) is 9.43. The zero-order valence-electron chi connectivity index (χ0n) is 13.6. The standard InChI is InChI=1S/C18H29NO/c1-6-19-16(17-13(2)11-12-20-17)14-7-9-15(10-8-14)18(3,4)5/h7-10,13,16-17,19H,6,11-12H2,1-5H3. The van der Waals surface area contributed by atoms with Gasteiger partial charge in [0.2, 0.25) is 0 Å². The molecule has 20 heavy (non-hydrogen) atoms. The summed E-state index contributed by atoms with van der Waals surface area (Å²) in [5.74, 6) is 0.626. The summed E-state index contributed by atoms with van der Waals surface area (Å²) in [6.45, 7) is 13.1. The molecule has 3 atom stereocenters. The molecule has 1 aliphatic heterocycles. The number of likely N-dealkylation sites (N-methyl/N-ethyl adjacent to an activating group) is 1. The second-order valence-corrected chi connectivity index (χ2v) is 7.01. The molecule has 1 heterocycles. The Morgan fingerprint density at radius 1 is 1.25 bits per heavy atom. The Labute approximate surface area is 123 Å². The minimum Gasteiger partial charge on any atom is -0.376 e. The molecule has 0 aliphatic carbocycles. The maximum Gasteiger partial charge on any atom is 0.0795 e. The van der Waals surface area contributed by atoms with E-state index in [1.165, 1.54) is 17.5 Å². The van der Waals surface area contributed by atoms with Gasteiger partial charge >= 0.3 is 0 Å². The molecule has 2 rings (SSSR count). The van der Waals surface area contributed by atoms with Crippen molar-refractivity contribution >= 4 is 0 Å². The van der Waals surface area contributed by atoms with Crippen LogP contribution in [0, 0.1) is 5.92 Å². The predicted octanol–water partition coefficient (Wildman–Crippen LogP) is 4.06. The van der Waals surface area contributed by atoms with Crippen LogP contribution in [-0.4, -0.2) is 19.3 Å². The van der Waals surface area contributed by atoms with Crippen molar-refractivity contribution < 1.29 is 4.74 Å². The van der Waals surface area contributed by atoms with E-state index in [4.69, 9.17) is 4.74 Å². The van der Waals surface area contributed by atoms with Crippen molar-refractivity contribution in [3.05, 3.63) is 35.4 Å². The SMILES string of the molecule is CCNC(c1ccc(C(C)(C)C)cc1)C1OCCC1C. The van der Waals surface area contributed by atoms with Crippen LogP contribution < -0.4 is 5.32 Å². The van der Waals surface area contributed by atoms with Gasteiger partial charge in [-0.3, -0.25) is 0 Å². The Kier molecular flexibility index (Phi) is 4.87. The van der Waals surface area contributed by atoms with Crippen LogP contribution in [0.5, 0.6) is 0 Å². The third-order valence-electron chi connectivity index (χ3n) is 4.33. The molecule has 3 unspecified atom stereocenters. The van der Waals surface area contributed by atoms with Crippen LogP contribution >= 0.6 is 0 Å². The summed E-state index contributed by atoms with van der Waals surface area (Å²) < 4.78 is 5.97. The number of nitrogens with one attached hydrogen (secondary N) is 1. The molecule has 0 spiro atoms. The fourth-order valence-corrected chi connectivity index (χ4v) is 2.98. The molecule has 1 aliphatic rings. The van der Waals surface area contributed by atoms with Gasteiger partial charge in [0.05, 0.1) is 12.1 Å². The van der Waals surface area contributed by atoms with Gasteiger partial charge in [-0.15, -0.1) is 0 Å². The quantitative estimate of drug-likeness (QED) is 0.894. The van der Waals surface area contributed by atoms with E-state index in [9.17, 15) is 0 Å². The van der Waals surface area contributed by atoms with E-state index >= 15 is 0 Å². The van der Waals surface area contributed by atoms with Gasteiger partial charge in [0, 0.05) is 6.61 Å². The minimum absolute atomic E-state index is 0.212. The number of benzene rings is 1. The molecular formula is C18H29NO. The highest BCUT2D eigenvalue weighted by atomic mass is 16.5. The highest BCUT2D eigenvalue weighted by Gasteiger charge is 2.32. The summed E-state index contributed by atoms with van der Waals surface area (Å²) in [5.41, 5.74) is 2.94. The summed E-state index contributed by atoms with van der Waals surface area (Å²) in [4.78, 5) is 0. The van der Waals surface area contributed by atoms with Crippen molar-refractivity contribution in [2.45, 2.75) is 58.6 Å². The fourth-order valence-electron chi connectivity index (χ4n) is 2.98. The van der Waals surface area contributed by atoms with Gasteiger partial charge in [-0.05, 0) is 35.4 Å². The Hall–Kier alpha value is -0.860. The van der Waals surface area contributed by atoms with Crippen molar-refractivity contribution in [2.24, 2.45) is 5.92 Å². The summed E-state index contributed by atoms with van der Waals surface area (Å²) in [5, 5.41) is 3.60. The molecular weight excluding hydrogens is 246 g/mol. The molecule has 0 aromatic heterocycles. The van der Waals surface area contributed by atoms with Crippen molar-refractivity contribution in [2.75, 3.05) is 13.2 Å². The maximum absolute atomic E-state index is 5.97. The molecule has 1 fully saturated rings. The van der Waals surface area contributed by atoms with Crippen molar-refractivity contribution in [1.29, 1.82) is 0 Å². The molecule has 1 saturated heterocycles. The molecule has 1 N–H and O–H groups in total. The molecule has 0 bridgehead atoms. The molecule has 2 heteroatoms. The van der Waals surface area contributed by atoms with E-state index in [1.54, 1.807) is 0 Å². The topological polar surface area (TPSA) is 21.3 Å². The van der Waals surface area contributed by atoms with Crippen molar-refractivity contribution in [3.63, 3.8) is 0 Å². The van der Waals surface area contributed by atoms with Gasteiger partial charge in [-0.1, -0.05) is 58.9 Å². The lowest BCUT2D eigenvalue weighted by molar-refractivity contribution is 0.0612. The first kappa shape index (κ1) is 15.5. The number of hydrogen-bond donors (Lipinski definition) is 1. The largest absolute Gasteiger partial charge is 0.376 e. The Bertz CT molecular complexity index is 418. The molecule has 0 radical (unpaired) electrons. The molecule has 1 aromatic rings. The number of hydrogen-bond acceptors (Lipinski definition) is 2. The van der Waals surface area contributed by atoms with Crippen LogP contribution in [0.4, 0.5) is 0 Å². The Morgan fingerprint density at radius 3 is 2.35 bits per heavy atom. The maximum atomic E-state index is 5.97. The van der Waals surface area contributed by atoms with Crippen LogP contribution in [0.3, 0.4) is 0 Å². The Morgan fingerprint density at radius 2 is 1.90 bits per heavy atom.